The molecule has 0 saturated carbocycles. The molecule has 96 heavy (non-hydrogen) atoms. The van der Waals surface area contributed by atoms with Gasteiger partial charge in [-0.05, 0) is 161 Å². The van der Waals surface area contributed by atoms with Crippen LogP contribution in [-0.2, 0) is 0 Å². The summed E-state index contributed by atoms with van der Waals surface area (Å²) in [5.74, 6) is 0. The highest BCUT2D eigenvalue weighted by Crippen LogP contribution is 2.17. The molecule has 0 aromatic carbocycles. The van der Waals surface area contributed by atoms with Gasteiger partial charge in [0.1, 0.15) is 0 Å². The molecule has 0 aliphatic carbocycles. The first-order valence-corrected chi connectivity index (χ1v) is 42.3. The average Bonchev–Trinajstić information content (AvgIpc) is 2.08. The molecular formula is C89H167N3O4. The van der Waals surface area contributed by atoms with Crippen molar-refractivity contribution in [3.8, 4) is 0 Å². The normalized spacial score (nSPS) is 14.0. The van der Waals surface area contributed by atoms with E-state index in [0.29, 0.717) is 26.2 Å². The Labute approximate surface area is 600 Å². The molecule has 0 amide bonds. The van der Waals surface area contributed by atoms with Crippen LogP contribution in [0.25, 0.3) is 0 Å². The second kappa shape index (κ2) is 80.0. The van der Waals surface area contributed by atoms with E-state index < -0.39 is 24.4 Å². The van der Waals surface area contributed by atoms with Crippen molar-refractivity contribution >= 4 is 0 Å². The largest absolute Gasteiger partial charge is 0.392 e. The van der Waals surface area contributed by atoms with Crippen LogP contribution < -0.4 is 0 Å². The minimum atomic E-state index is -0.407. The number of unbranched alkanes of at least 4 members (excludes halogenated alkanes) is 40. The predicted octanol–water partition coefficient (Wildman–Crippen LogP) is 25.3. The van der Waals surface area contributed by atoms with Crippen LogP contribution in [0.15, 0.2) is 97.2 Å². The zero-order valence-electron chi connectivity index (χ0n) is 64.9. The van der Waals surface area contributed by atoms with Gasteiger partial charge in [0.25, 0.3) is 0 Å². The van der Waals surface area contributed by atoms with Crippen LogP contribution in [0.4, 0.5) is 0 Å². The van der Waals surface area contributed by atoms with Gasteiger partial charge in [0.2, 0.25) is 0 Å². The molecule has 0 radical (unpaired) electrons. The second-order valence-corrected chi connectivity index (χ2v) is 29.3. The van der Waals surface area contributed by atoms with E-state index in [4.69, 9.17) is 0 Å². The summed E-state index contributed by atoms with van der Waals surface area (Å²) < 4.78 is 0. The number of aliphatic hydroxyl groups is 4. The number of hydrogen-bond acceptors (Lipinski definition) is 7. The van der Waals surface area contributed by atoms with Gasteiger partial charge < -0.3 is 25.3 Å². The van der Waals surface area contributed by atoms with E-state index in [0.717, 1.165) is 155 Å². The summed E-state index contributed by atoms with van der Waals surface area (Å²) in [5.41, 5.74) is 0. The van der Waals surface area contributed by atoms with Gasteiger partial charge in [0.05, 0.1) is 24.4 Å². The number of aliphatic hydroxyl groups excluding tert-OH is 4. The van der Waals surface area contributed by atoms with E-state index in [1.165, 1.54) is 231 Å². The van der Waals surface area contributed by atoms with Crippen LogP contribution in [0.5, 0.6) is 0 Å². The van der Waals surface area contributed by atoms with Gasteiger partial charge in [-0.25, -0.2) is 0 Å². The van der Waals surface area contributed by atoms with Crippen molar-refractivity contribution in [3.05, 3.63) is 97.2 Å². The molecule has 0 aliphatic heterocycles. The minimum absolute atomic E-state index is 0.407. The first-order valence-electron chi connectivity index (χ1n) is 42.3. The van der Waals surface area contributed by atoms with E-state index in [9.17, 15) is 20.4 Å². The Morgan fingerprint density at radius 1 is 0.208 bits per heavy atom. The Morgan fingerprint density at radius 2 is 0.375 bits per heavy atom. The first kappa shape index (κ1) is 93.6. The lowest BCUT2D eigenvalue weighted by atomic mass is 10.1. The molecule has 562 valence electrons. The molecule has 0 fully saturated rings. The summed E-state index contributed by atoms with van der Waals surface area (Å²) in [4.78, 5) is 7.04. The molecule has 4 atom stereocenters. The van der Waals surface area contributed by atoms with E-state index in [2.05, 4.69) is 147 Å². The molecule has 0 spiro atoms. The van der Waals surface area contributed by atoms with Crippen molar-refractivity contribution in [2.75, 3.05) is 59.4 Å². The van der Waals surface area contributed by atoms with Crippen molar-refractivity contribution in [2.24, 2.45) is 0 Å². The summed E-state index contributed by atoms with van der Waals surface area (Å²) in [6, 6.07) is 0. The van der Waals surface area contributed by atoms with E-state index in [1.54, 1.807) is 0 Å². The topological polar surface area (TPSA) is 90.6 Å². The molecule has 7 nitrogen and oxygen atoms in total. The third-order valence-electron chi connectivity index (χ3n) is 19.4. The maximum atomic E-state index is 11.5. The quantitative estimate of drug-likeness (QED) is 0.0356. The molecule has 4 unspecified atom stereocenters. The monoisotopic (exact) mass is 1340 g/mol. The number of hydrogen-bond donors (Lipinski definition) is 4. The molecule has 0 aromatic heterocycles. The lowest BCUT2D eigenvalue weighted by molar-refractivity contribution is 0.0492. The van der Waals surface area contributed by atoms with Gasteiger partial charge in [0, 0.05) is 52.4 Å². The third kappa shape index (κ3) is 75.8. The van der Waals surface area contributed by atoms with Crippen molar-refractivity contribution in [1.82, 2.24) is 14.7 Å². The van der Waals surface area contributed by atoms with Gasteiger partial charge in [0.15, 0.2) is 0 Å². The van der Waals surface area contributed by atoms with Crippen LogP contribution in [0.2, 0.25) is 0 Å². The number of nitrogens with zero attached hydrogens (tertiary/aromatic N) is 3. The summed E-state index contributed by atoms with van der Waals surface area (Å²) in [5, 5.41) is 45.8. The number of likely N-dealkylation sites (N-methyl/N-ethyl adjacent to an activating group) is 1. The van der Waals surface area contributed by atoms with Crippen molar-refractivity contribution < 1.29 is 20.4 Å². The fourth-order valence-electron chi connectivity index (χ4n) is 13.0. The van der Waals surface area contributed by atoms with Gasteiger partial charge in [-0.1, -0.05) is 330 Å². The summed E-state index contributed by atoms with van der Waals surface area (Å²) in [6.07, 6.45) is 104. The Morgan fingerprint density at radius 3 is 0.562 bits per heavy atom. The standard InChI is InChI=1S/C89H167N3O4/c1-6-10-14-18-22-26-30-34-38-42-46-50-54-58-62-66-70-74-86(93)82-91(83-87(94)75-71-67-63-59-55-51-47-43-39-35-31-27-23-19-15-11-7-2)80-78-90(5)79-81-92(84-88(95)76-72-68-64-60-56-52-48-44-40-36-32-28-24-20-16-12-8-3)85-89(96)77-73-69-65-61-57-53-49-45-41-37-33-29-25-21-17-13-9-4/h34-41,46-53,86-89,93-96H,6-33,42-45,54-85H2,1-5H3/b38-34-,39-35-,40-36-,41-37-,50-46-,51-47-,52-48-,53-49-. The van der Waals surface area contributed by atoms with E-state index in [1.807, 2.05) is 0 Å². The molecule has 7 heteroatoms. The fourth-order valence-corrected chi connectivity index (χ4v) is 13.0. The zero-order valence-corrected chi connectivity index (χ0v) is 64.9. The zero-order chi connectivity index (χ0) is 69.6. The van der Waals surface area contributed by atoms with Crippen molar-refractivity contribution in [1.29, 1.82) is 0 Å². The highest BCUT2D eigenvalue weighted by Gasteiger charge is 2.19. The maximum Gasteiger partial charge on any atom is 0.0667 e. The Balaban J connectivity index is 5.40. The van der Waals surface area contributed by atoms with E-state index in [-0.39, 0.29) is 0 Å². The van der Waals surface area contributed by atoms with Gasteiger partial charge >= 0.3 is 0 Å². The van der Waals surface area contributed by atoms with Crippen molar-refractivity contribution in [2.45, 2.75) is 412 Å². The molecular weight excluding hydrogens is 1170 g/mol. The maximum absolute atomic E-state index is 11.5. The molecule has 0 bridgehead atoms. The minimum Gasteiger partial charge on any atom is -0.392 e. The Hall–Kier alpha value is -2.36. The molecule has 0 aliphatic rings. The third-order valence-corrected chi connectivity index (χ3v) is 19.4. The van der Waals surface area contributed by atoms with Crippen LogP contribution in [0.3, 0.4) is 0 Å². The highest BCUT2D eigenvalue weighted by molar-refractivity contribution is 4.96. The van der Waals surface area contributed by atoms with Crippen LogP contribution >= 0.6 is 0 Å². The average molecular weight is 1340 g/mol. The smallest absolute Gasteiger partial charge is 0.0667 e. The van der Waals surface area contributed by atoms with Gasteiger partial charge in [-0.3, -0.25) is 9.80 Å². The fraction of sp³-hybridized carbons (Fsp3) is 0.820. The number of rotatable bonds is 78. The molecule has 0 heterocycles. The lowest BCUT2D eigenvalue weighted by Crippen LogP contribution is -2.44. The van der Waals surface area contributed by atoms with Crippen LogP contribution in [0.1, 0.15) is 387 Å². The SMILES string of the molecule is CCCCCCCC/C=C\C/C=C\CCCCCCC(O)CN(CCN(C)CCN(CC(O)CCCCCC/C=C\C/C=C\CCCCCCCC)CC(O)CCCCCC/C=C\C/C=C\CCCCCCCC)CC(O)CCCCCC/C=C\C/C=C\CCCCCCCC. The Bertz CT molecular complexity index is 1510. The summed E-state index contributed by atoms with van der Waals surface area (Å²) in [6.45, 7) is 14.7. The van der Waals surface area contributed by atoms with Gasteiger partial charge in [-0.15, -0.1) is 0 Å². The Kier molecular flexibility index (Phi) is 78.0. The predicted molar refractivity (Wildman–Crippen MR) is 429 cm³/mol. The van der Waals surface area contributed by atoms with Crippen LogP contribution in [-0.4, -0.2) is 119 Å². The molecule has 4 N–H and O–H groups in total. The summed E-state index contributed by atoms with van der Waals surface area (Å²) in [7, 11) is 2.19. The molecule has 0 rings (SSSR count). The first-order chi connectivity index (χ1) is 47.2. The highest BCUT2D eigenvalue weighted by atomic mass is 16.3. The molecule has 0 aromatic rings. The van der Waals surface area contributed by atoms with Crippen molar-refractivity contribution in [3.63, 3.8) is 0 Å². The second-order valence-electron chi connectivity index (χ2n) is 29.3. The molecule has 0 saturated heterocycles. The summed E-state index contributed by atoms with van der Waals surface area (Å²) >= 11 is 0. The van der Waals surface area contributed by atoms with Gasteiger partial charge in [-0.2, -0.15) is 0 Å². The number of allylic oxidation sites excluding steroid dienone is 16. The van der Waals surface area contributed by atoms with Crippen LogP contribution in [0, 0.1) is 0 Å². The van der Waals surface area contributed by atoms with E-state index >= 15 is 0 Å². The lowest BCUT2D eigenvalue weighted by Gasteiger charge is -2.31.